The SMILES string of the molecule is O=C1Nc2ccccc2/C1=N/N=C/c1c(Sc2nnnn2-c2ccccc2)nc2ccccn2c1=O. The molecule has 0 saturated heterocycles. The largest absolute Gasteiger partial charge is 0.320 e. The fourth-order valence-electron chi connectivity index (χ4n) is 3.68. The molecular weight excluding hydrogens is 478 g/mol. The van der Waals surface area contributed by atoms with Gasteiger partial charge in [0.25, 0.3) is 11.5 Å². The Labute approximate surface area is 207 Å². The van der Waals surface area contributed by atoms with Gasteiger partial charge in [0.2, 0.25) is 5.16 Å². The van der Waals surface area contributed by atoms with E-state index in [-0.39, 0.29) is 22.7 Å². The summed E-state index contributed by atoms with van der Waals surface area (Å²) in [6.45, 7) is 0. The van der Waals surface area contributed by atoms with Gasteiger partial charge in [0.05, 0.1) is 23.2 Å². The molecule has 11 nitrogen and oxygen atoms in total. The maximum absolute atomic E-state index is 13.4. The highest BCUT2D eigenvalue weighted by atomic mass is 32.2. The Kier molecular flexibility index (Phi) is 5.39. The smallest absolute Gasteiger partial charge is 0.276 e. The molecule has 0 atom stereocenters. The lowest BCUT2D eigenvalue weighted by atomic mass is 10.1. The number of nitrogens with one attached hydrogen (secondary N) is 1. The molecule has 0 spiro atoms. The van der Waals surface area contributed by atoms with Crippen molar-refractivity contribution in [2.24, 2.45) is 10.2 Å². The summed E-state index contributed by atoms with van der Waals surface area (Å²) in [4.78, 5) is 30.3. The quantitative estimate of drug-likeness (QED) is 0.226. The highest BCUT2D eigenvalue weighted by molar-refractivity contribution is 7.99. The number of tetrazole rings is 1. The third-order valence-electron chi connectivity index (χ3n) is 5.35. The highest BCUT2D eigenvalue weighted by Crippen LogP contribution is 2.27. The van der Waals surface area contributed by atoms with Gasteiger partial charge in [-0.15, -0.1) is 10.2 Å². The number of pyridine rings is 1. The number of para-hydroxylation sites is 2. The number of benzene rings is 2. The van der Waals surface area contributed by atoms with Gasteiger partial charge in [0, 0.05) is 11.8 Å². The fourth-order valence-corrected chi connectivity index (χ4v) is 4.54. The third-order valence-corrected chi connectivity index (χ3v) is 6.30. The maximum atomic E-state index is 13.4. The summed E-state index contributed by atoms with van der Waals surface area (Å²) in [6, 6.07) is 21.8. The molecule has 3 aromatic heterocycles. The van der Waals surface area contributed by atoms with E-state index >= 15 is 0 Å². The Balaban J connectivity index is 1.43. The number of nitrogens with zero attached hydrogens (tertiary/aromatic N) is 8. The van der Waals surface area contributed by atoms with Crippen LogP contribution in [0.3, 0.4) is 0 Å². The van der Waals surface area contributed by atoms with Gasteiger partial charge in [-0.05, 0) is 52.5 Å². The van der Waals surface area contributed by atoms with Crippen molar-refractivity contribution in [3.05, 3.63) is 100 Å². The van der Waals surface area contributed by atoms with Crippen molar-refractivity contribution in [2.75, 3.05) is 5.32 Å². The second-order valence-electron chi connectivity index (χ2n) is 7.57. The molecule has 5 aromatic rings. The predicted octanol–water partition coefficient (Wildman–Crippen LogP) is 2.60. The third kappa shape index (κ3) is 3.84. The van der Waals surface area contributed by atoms with Crippen molar-refractivity contribution in [3.63, 3.8) is 0 Å². The summed E-state index contributed by atoms with van der Waals surface area (Å²) < 4.78 is 2.97. The van der Waals surface area contributed by atoms with Crippen molar-refractivity contribution in [1.82, 2.24) is 29.6 Å². The van der Waals surface area contributed by atoms with E-state index in [0.717, 1.165) is 17.4 Å². The summed E-state index contributed by atoms with van der Waals surface area (Å²) in [5, 5.41) is 23.7. The van der Waals surface area contributed by atoms with Crippen molar-refractivity contribution in [2.45, 2.75) is 10.2 Å². The zero-order valence-corrected chi connectivity index (χ0v) is 19.2. The van der Waals surface area contributed by atoms with Crippen LogP contribution in [0.25, 0.3) is 11.3 Å². The van der Waals surface area contributed by atoms with E-state index in [1.54, 1.807) is 41.2 Å². The Morgan fingerprint density at radius 3 is 2.64 bits per heavy atom. The Hall–Kier alpha value is -4.97. The van der Waals surface area contributed by atoms with Crippen LogP contribution in [0.1, 0.15) is 11.1 Å². The molecule has 0 radical (unpaired) electrons. The lowest BCUT2D eigenvalue weighted by Gasteiger charge is -2.07. The number of aromatic nitrogens is 6. The number of rotatable bonds is 5. The number of anilines is 1. The van der Waals surface area contributed by atoms with Gasteiger partial charge in [-0.2, -0.15) is 9.78 Å². The molecule has 0 aliphatic carbocycles. The zero-order chi connectivity index (χ0) is 24.5. The van der Waals surface area contributed by atoms with Gasteiger partial charge in [0.15, 0.2) is 5.71 Å². The van der Waals surface area contributed by atoms with Crippen molar-refractivity contribution >= 4 is 40.9 Å². The standard InChI is InChI=1S/C24H15N9O2S/c34-21-20(16-10-4-5-11-18(16)26-21)28-25-14-17-22(27-19-12-6-7-13-32(19)23(17)35)36-24-29-30-31-33(24)15-8-2-1-3-9-15/h1-14H,(H,26,28,34)/b25-14+. The van der Waals surface area contributed by atoms with Gasteiger partial charge in [-0.1, -0.05) is 42.5 Å². The molecule has 12 heteroatoms. The first-order chi connectivity index (χ1) is 17.7. The van der Waals surface area contributed by atoms with Gasteiger partial charge in [0.1, 0.15) is 10.7 Å². The normalized spacial score (nSPS) is 14.0. The fraction of sp³-hybridized carbons (Fsp3) is 0. The van der Waals surface area contributed by atoms with Crippen LogP contribution in [0.5, 0.6) is 0 Å². The molecule has 36 heavy (non-hydrogen) atoms. The summed E-state index contributed by atoms with van der Waals surface area (Å²) in [5.74, 6) is -0.363. The molecule has 174 valence electrons. The van der Waals surface area contributed by atoms with E-state index in [4.69, 9.17) is 0 Å². The second kappa shape index (κ2) is 9.00. The topological polar surface area (TPSA) is 132 Å². The van der Waals surface area contributed by atoms with E-state index in [9.17, 15) is 9.59 Å². The Morgan fingerprint density at radius 1 is 0.944 bits per heavy atom. The number of hydrogen-bond donors (Lipinski definition) is 1. The Morgan fingerprint density at radius 2 is 1.75 bits per heavy atom. The number of amides is 1. The van der Waals surface area contributed by atoms with Crippen LogP contribution in [0.15, 0.2) is 104 Å². The molecule has 0 saturated carbocycles. The number of hydrogen-bond acceptors (Lipinski definition) is 9. The number of carbonyl (C=O) groups is 1. The van der Waals surface area contributed by atoms with E-state index in [0.29, 0.717) is 27.1 Å². The molecule has 0 unspecified atom stereocenters. The second-order valence-corrected chi connectivity index (χ2v) is 8.52. The monoisotopic (exact) mass is 493 g/mol. The van der Waals surface area contributed by atoms with Gasteiger partial charge in [-0.25, -0.2) is 4.98 Å². The van der Waals surface area contributed by atoms with Crippen LogP contribution in [-0.2, 0) is 4.79 Å². The molecule has 0 bridgehead atoms. The Bertz CT molecular complexity index is 1740. The number of fused-ring (bicyclic) bond motifs is 2. The molecule has 4 heterocycles. The van der Waals surface area contributed by atoms with E-state index in [2.05, 4.69) is 36.0 Å². The maximum Gasteiger partial charge on any atom is 0.276 e. The van der Waals surface area contributed by atoms with E-state index < -0.39 is 0 Å². The first kappa shape index (κ1) is 21.6. The van der Waals surface area contributed by atoms with Gasteiger partial charge < -0.3 is 5.32 Å². The molecule has 1 aliphatic rings. The molecular formula is C24H15N9O2S. The minimum Gasteiger partial charge on any atom is -0.320 e. The summed E-state index contributed by atoms with van der Waals surface area (Å²) in [6.07, 6.45) is 2.92. The predicted molar refractivity (Wildman–Crippen MR) is 134 cm³/mol. The minimum atomic E-state index is -0.363. The van der Waals surface area contributed by atoms with Crippen LogP contribution in [-0.4, -0.2) is 47.4 Å². The van der Waals surface area contributed by atoms with Crippen molar-refractivity contribution in [1.29, 1.82) is 0 Å². The van der Waals surface area contributed by atoms with E-state index in [1.165, 1.54) is 10.6 Å². The van der Waals surface area contributed by atoms with Crippen LogP contribution in [0, 0.1) is 0 Å². The summed E-state index contributed by atoms with van der Waals surface area (Å²) in [7, 11) is 0. The average molecular weight is 494 g/mol. The molecule has 2 aromatic carbocycles. The first-order valence-electron chi connectivity index (χ1n) is 10.7. The lowest BCUT2D eigenvalue weighted by molar-refractivity contribution is -0.110. The molecule has 1 N–H and O–H groups in total. The summed E-state index contributed by atoms with van der Waals surface area (Å²) >= 11 is 1.13. The number of carbonyl (C=O) groups excluding carboxylic acids is 1. The lowest BCUT2D eigenvalue weighted by Crippen LogP contribution is -2.21. The van der Waals surface area contributed by atoms with Crippen molar-refractivity contribution < 1.29 is 4.79 Å². The average Bonchev–Trinajstić information content (AvgIpc) is 3.50. The van der Waals surface area contributed by atoms with E-state index in [1.807, 2.05) is 42.5 Å². The summed E-state index contributed by atoms with van der Waals surface area (Å²) in [5.41, 5.74) is 2.52. The van der Waals surface area contributed by atoms with Gasteiger partial charge in [-0.3, -0.25) is 14.0 Å². The molecule has 6 rings (SSSR count). The first-order valence-corrected chi connectivity index (χ1v) is 11.6. The van der Waals surface area contributed by atoms with Crippen molar-refractivity contribution in [3.8, 4) is 5.69 Å². The van der Waals surface area contributed by atoms with Crippen LogP contribution in [0.4, 0.5) is 5.69 Å². The van der Waals surface area contributed by atoms with Crippen LogP contribution >= 0.6 is 11.8 Å². The minimum absolute atomic E-state index is 0.165. The highest BCUT2D eigenvalue weighted by Gasteiger charge is 2.25. The van der Waals surface area contributed by atoms with Gasteiger partial charge >= 0.3 is 0 Å². The van der Waals surface area contributed by atoms with Crippen LogP contribution < -0.4 is 10.9 Å². The molecule has 1 amide bonds. The zero-order valence-electron chi connectivity index (χ0n) is 18.4. The molecule has 1 aliphatic heterocycles. The van der Waals surface area contributed by atoms with Crippen LogP contribution in [0.2, 0.25) is 0 Å². The molecule has 0 fully saturated rings.